The molecule has 1 fully saturated rings. The molecule has 4 aromatic rings. The first-order chi connectivity index (χ1) is 17.4. The Kier molecular flexibility index (Phi) is 6.84. The number of benzene rings is 2. The van der Waals surface area contributed by atoms with Crippen molar-refractivity contribution in [1.82, 2.24) is 9.29 Å². The molecule has 0 saturated carbocycles. The highest BCUT2D eigenvalue weighted by atomic mass is 32.2. The van der Waals surface area contributed by atoms with E-state index in [1.165, 1.54) is 28.6 Å². The van der Waals surface area contributed by atoms with Gasteiger partial charge in [-0.15, -0.1) is 0 Å². The molecule has 3 heterocycles. The number of ether oxygens (including phenoxy) is 1. The van der Waals surface area contributed by atoms with Gasteiger partial charge in [0.1, 0.15) is 23.8 Å². The fourth-order valence-electron chi connectivity index (χ4n) is 4.46. The fraction of sp³-hybridized carbons (Fsp3) is 0.259. The Morgan fingerprint density at radius 1 is 1.11 bits per heavy atom. The quantitative estimate of drug-likeness (QED) is 0.319. The van der Waals surface area contributed by atoms with Gasteiger partial charge < -0.3 is 9.15 Å². The average Bonchev–Trinajstić information content (AvgIpc) is 3.55. The number of carbonyl (C=O) groups excluding carboxylic acids is 1. The first kappa shape index (κ1) is 24.1. The summed E-state index contributed by atoms with van der Waals surface area (Å²) in [5.74, 6) is 0.0723. The van der Waals surface area contributed by atoms with Crippen molar-refractivity contribution in [3.8, 4) is 5.75 Å². The summed E-state index contributed by atoms with van der Waals surface area (Å²) in [5.41, 5.74) is 2.16. The summed E-state index contributed by atoms with van der Waals surface area (Å²) in [4.78, 5) is 17.2. The normalized spacial score (nSPS) is 16.4. The molecule has 0 N–H and O–H groups in total. The van der Waals surface area contributed by atoms with Gasteiger partial charge in [-0.2, -0.15) is 4.31 Å². The van der Waals surface area contributed by atoms with E-state index in [0.29, 0.717) is 37.0 Å². The van der Waals surface area contributed by atoms with Gasteiger partial charge in [0.25, 0.3) is 10.0 Å². The molecule has 186 valence electrons. The van der Waals surface area contributed by atoms with Crippen LogP contribution < -0.4 is 4.74 Å². The number of sulfonamides is 1. The van der Waals surface area contributed by atoms with Crippen LogP contribution in [-0.4, -0.2) is 36.1 Å². The number of pyridine rings is 1. The molecular weight excluding hydrogens is 483 g/mol. The van der Waals surface area contributed by atoms with Crippen molar-refractivity contribution >= 4 is 26.8 Å². The Morgan fingerprint density at radius 2 is 1.97 bits per heavy atom. The molecular formula is C27H25FN2O5S. The van der Waals surface area contributed by atoms with E-state index in [4.69, 9.17) is 9.15 Å². The average molecular weight is 509 g/mol. The smallest absolute Gasteiger partial charge is 0.277 e. The molecule has 1 atom stereocenters. The molecule has 0 spiro atoms. The summed E-state index contributed by atoms with van der Waals surface area (Å²) < 4.78 is 52.6. The highest BCUT2D eigenvalue weighted by Crippen LogP contribution is 2.31. The molecule has 2 aromatic carbocycles. The lowest BCUT2D eigenvalue weighted by Crippen LogP contribution is -2.40. The summed E-state index contributed by atoms with van der Waals surface area (Å²) in [7, 11) is -4.03. The molecule has 1 aliphatic rings. The third kappa shape index (κ3) is 5.17. The van der Waals surface area contributed by atoms with Crippen LogP contribution in [-0.2, 0) is 27.8 Å². The minimum atomic E-state index is -4.03. The first-order valence-electron chi connectivity index (χ1n) is 11.7. The molecule has 7 nitrogen and oxygen atoms in total. The van der Waals surface area contributed by atoms with E-state index in [0.717, 1.165) is 11.1 Å². The number of rotatable bonds is 9. The predicted octanol–water partition coefficient (Wildman–Crippen LogP) is 4.90. The highest BCUT2D eigenvalue weighted by molar-refractivity contribution is 7.89. The van der Waals surface area contributed by atoms with Gasteiger partial charge in [0.05, 0.1) is 6.04 Å². The number of ketones is 1. The molecule has 0 aliphatic carbocycles. The van der Waals surface area contributed by atoms with Gasteiger partial charge in [-0.05, 0) is 61.2 Å². The van der Waals surface area contributed by atoms with Crippen molar-refractivity contribution in [2.45, 2.75) is 43.4 Å². The summed E-state index contributed by atoms with van der Waals surface area (Å²) in [6.07, 6.45) is 5.16. The van der Waals surface area contributed by atoms with E-state index in [2.05, 4.69) is 4.98 Å². The number of furan rings is 1. The van der Waals surface area contributed by atoms with Gasteiger partial charge in [-0.3, -0.25) is 9.78 Å². The predicted molar refractivity (Wildman–Crippen MR) is 131 cm³/mol. The zero-order valence-corrected chi connectivity index (χ0v) is 20.3. The standard InChI is InChI=1S/C27H25FN2O5S/c28-22-9-11-26-21(15-22)16-27(35-26)36(32,33)30-13-3-7-24(30)25(31)10-8-19-4-1-6-23(14-19)34-18-20-5-2-12-29-17-20/h1-2,4-6,9,11-12,14-17,24H,3,7-8,10,13,18H2/t24-/m0/s1. The Bertz CT molecular complexity index is 1490. The number of carbonyl (C=O) groups is 1. The number of fused-ring (bicyclic) bond motifs is 1. The number of aromatic nitrogens is 1. The lowest BCUT2D eigenvalue weighted by molar-refractivity contribution is -0.122. The summed E-state index contributed by atoms with van der Waals surface area (Å²) >= 11 is 0. The highest BCUT2D eigenvalue weighted by Gasteiger charge is 2.40. The molecule has 9 heteroatoms. The maximum absolute atomic E-state index is 13.5. The third-order valence-electron chi connectivity index (χ3n) is 6.28. The van der Waals surface area contributed by atoms with Crippen LogP contribution in [0.15, 0.2) is 82.6 Å². The van der Waals surface area contributed by atoms with E-state index < -0.39 is 21.9 Å². The summed E-state index contributed by atoms with van der Waals surface area (Å²) in [6, 6.07) is 15.7. The number of Topliss-reactive ketones (excluding diaryl/α,β-unsaturated/α-hetero) is 1. The van der Waals surface area contributed by atoms with Crippen LogP contribution >= 0.6 is 0 Å². The summed E-state index contributed by atoms with van der Waals surface area (Å²) in [5, 5.41) is 0.0857. The molecule has 1 saturated heterocycles. The van der Waals surface area contributed by atoms with Crippen LogP contribution in [0.3, 0.4) is 0 Å². The molecule has 1 aliphatic heterocycles. The topological polar surface area (TPSA) is 89.7 Å². The van der Waals surface area contributed by atoms with Gasteiger partial charge in [-0.1, -0.05) is 18.2 Å². The number of nitrogens with zero attached hydrogens (tertiary/aromatic N) is 2. The van der Waals surface area contributed by atoms with Crippen LogP contribution in [0, 0.1) is 5.82 Å². The van der Waals surface area contributed by atoms with Crippen molar-refractivity contribution in [3.63, 3.8) is 0 Å². The van der Waals surface area contributed by atoms with Crippen LogP contribution in [0.5, 0.6) is 5.75 Å². The number of hydrogen-bond donors (Lipinski definition) is 0. The monoisotopic (exact) mass is 508 g/mol. The Balaban J connectivity index is 1.24. The zero-order valence-electron chi connectivity index (χ0n) is 19.5. The largest absolute Gasteiger partial charge is 0.489 e. The number of aryl methyl sites for hydroxylation is 1. The van der Waals surface area contributed by atoms with Crippen molar-refractivity contribution < 1.29 is 26.8 Å². The molecule has 0 unspecified atom stereocenters. The molecule has 0 amide bonds. The van der Waals surface area contributed by atoms with E-state index in [1.54, 1.807) is 12.4 Å². The van der Waals surface area contributed by atoms with Gasteiger partial charge in [0.2, 0.25) is 5.09 Å². The lowest BCUT2D eigenvalue weighted by Gasteiger charge is -2.21. The second-order valence-corrected chi connectivity index (χ2v) is 10.6. The van der Waals surface area contributed by atoms with Crippen LogP contribution in [0.2, 0.25) is 0 Å². The maximum Gasteiger partial charge on any atom is 0.277 e. The molecule has 0 bridgehead atoms. The fourth-order valence-corrected chi connectivity index (χ4v) is 6.09. The maximum atomic E-state index is 13.5. The first-order valence-corrected chi connectivity index (χ1v) is 13.2. The van der Waals surface area contributed by atoms with Crippen molar-refractivity contribution in [2.24, 2.45) is 0 Å². The molecule has 36 heavy (non-hydrogen) atoms. The second kappa shape index (κ2) is 10.2. The van der Waals surface area contributed by atoms with Crippen molar-refractivity contribution in [3.05, 3.63) is 90.0 Å². The minimum Gasteiger partial charge on any atom is -0.489 e. The SMILES string of the molecule is O=C(CCc1cccc(OCc2cccnc2)c1)[C@@H]1CCCN1S(=O)(=O)c1cc2cc(F)ccc2o1. The lowest BCUT2D eigenvalue weighted by atomic mass is 10.0. The minimum absolute atomic E-state index is 0.139. The van der Waals surface area contributed by atoms with E-state index in [1.807, 2.05) is 36.4 Å². The van der Waals surface area contributed by atoms with Gasteiger partial charge in [-0.25, -0.2) is 12.8 Å². The van der Waals surface area contributed by atoms with Gasteiger partial charge in [0.15, 0.2) is 5.78 Å². The summed E-state index contributed by atoms with van der Waals surface area (Å²) in [6.45, 7) is 0.626. The van der Waals surface area contributed by atoms with E-state index in [9.17, 15) is 17.6 Å². The van der Waals surface area contributed by atoms with Crippen LogP contribution in [0.1, 0.15) is 30.4 Å². The van der Waals surface area contributed by atoms with Crippen LogP contribution in [0.25, 0.3) is 11.0 Å². The Morgan fingerprint density at radius 3 is 2.81 bits per heavy atom. The Hall–Kier alpha value is -3.56. The zero-order chi connectivity index (χ0) is 25.1. The third-order valence-corrected chi connectivity index (χ3v) is 8.05. The van der Waals surface area contributed by atoms with E-state index in [-0.39, 0.29) is 29.4 Å². The second-order valence-electron chi connectivity index (χ2n) is 8.79. The van der Waals surface area contributed by atoms with Gasteiger partial charge in [0, 0.05) is 42.4 Å². The van der Waals surface area contributed by atoms with Crippen LogP contribution in [0.4, 0.5) is 4.39 Å². The number of halogens is 1. The van der Waals surface area contributed by atoms with Crippen molar-refractivity contribution in [2.75, 3.05) is 6.54 Å². The molecule has 5 rings (SSSR count). The Labute approximate surface area is 208 Å². The van der Waals surface area contributed by atoms with Crippen molar-refractivity contribution in [1.29, 1.82) is 0 Å². The molecule has 2 aromatic heterocycles. The number of hydrogen-bond acceptors (Lipinski definition) is 6. The van der Waals surface area contributed by atoms with E-state index >= 15 is 0 Å². The van der Waals surface area contributed by atoms with Gasteiger partial charge >= 0.3 is 0 Å². The molecule has 0 radical (unpaired) electrons.